The molecule has 0 radical (unpaired) electrons. The Labute approximate surface area is 127 Å². The van der Waals surface area contributed by atoms with Gasteiger partial charge in [-0.05, 0) is 17.5 Å². The van der Waals surface area contributed by atoms with Crippen LogP contribution in [0.5, 0.6) is 0 Å². The molecule has 1 heterocycles. The first-order chi connectivity index (χ1) is 9.99. The van der Waals surface area contributed by atoms with Gasteiger partial charge in [-0.1, -0.05) is 31.2 Å². The van der Waals surface area contributed by atoms with Crippen LogP contribution in [0.25, 0.3) is 0 Å². The highest BCUT2D eigenvalue weighted by molar-refractivity contribution is 7.88. The van der Waals surface area contributed by atoms with E-state index in [0.717, 1.165) is 32.6 Å². The van der Waals surface area contributed by atoms with E-state index >= 15 is 0 Å². The van der Waals surface area contributed by atoms with Crippen LogP contribution in [-0.2, 0) is 16.4 Å². The Hall–Kier alpha value is -0.950. The van der Waals surface area contributed by atoms with Gasteiger partial charge in [0.1, 0.15) is 0 Å². The molecular formula is C15H25N3O2S. The van der Waals surface area contributed by atoms with Crippen molar-refractivity contribution >= 4 is 10.0 Å². The number of hydrogen-bond acceptors (Lipinski definition) is 4. The summed E-state index contributed by atoms with van der Waals surface area (Å²) < 4.78 is 24.9. The van der Waals surface area contributed by atoms with Crippen molar-refractivity contribution in [1.29, 1.82) is 0 Å². The van der Waals surface area contributed by atoms with Crippen LogP contribution in [0.2, 0.25) is 0 Å². The van der Waals surface area contributed by atoms with Gasteiger partial charge in [-0.25, -0.2) is 13.1 Å². The fourth-order valence-electron chi connectivity index (χ4n) is 2.69. The van der Waals surface area contributed by atoms with Crippen molar-refractivity contribution in [3.8, 4) is 0 Å². The molecule has 5 nitrogen and oxygen atoms in total. The summed E-state index contributed by atoms with van der Waals surface area (Å²) in [5.74, 6) is 0. The minimum atomic E-state index is -3.11. The van der Waals surface area contributed by atoms with E-state index in [9.17, 15) is 8.42 Å². The molecule has 21 heavy (non-hydrogen) atoms. The standard InChI is InChI=1S/C15H25N3O2S/c1-3-13-4-6-14(7-5-13)15-12-16-8-10-18(15)11-9-17-21(2,19)20/h4-7,15-17H,3,8-12H2,1-2H3. The van der Waals surface area contributed by atoms with Gasteiger partial charge >= 0.3 is 0 Å². The van der Waals surface area contributed by atoms with E-state index < -0.39 is 10.0 Å². The van der Waals surface area contributed by atoms with E-state index in [1.54, 1.807) is 0 Å². The molecular weight excluding hydrogens is 286 g/mol. The number of nitrogens with zero attached hydrogens (tertiary/aromatic N) is 1. The Morgan fingerprint density at radius 2 is 2.05 bits per heavy atom. The molecule has 0 saturated carbocycles. The zero-order valence-electron chi connectivity index (χ0n) is 12.8. The van der Waals surface area contributed by atoms with Crippen molar-refractivity contribution in [2.45, 2.75) is 19.4 Å². The molecule has 1 saturated heterocycles. The highest BCUT2D eigenvalue weighted by atomic mass is 32.2. The van der Waals surface area contributed by atoms with Gasteiger partial charge in [0, 0.05) is 38.8 Å². The second-order valence-corrected chi connectivity index (χ2v) is 7.35. The van der Waals surface area contributed by atoms with Crippen LogP contribution in [0.15, 0.2) is 24.3 Å². The van der Waals surface area contributed by atoms with Crippen molar-refractivity contribution in [3.05, 3.63) is 35.4 Å². The fourth-order valence-corrected chi connectivity index (χ4v) is 3.15. The first kappa shape index (κ1) is 16.4. The SMILES string of the molecule is CCc1ccc(C2CNCCN2CCNS(C)(=O)=O)cc1. The van der Waals surface area contributed by atoms with Crippen LogP contribution in [0.3, 0.4) is 0 Å². The van der Waals surface area contributed by atoms with Crippen LogP contribution in [0, 0.1) is 0 Å². The number of aryl methyl sites for hydroxylation is 1. The van der Waals surface area contributed by atoms with Crippen molar-refractivity contribution in [3.63, 3.8) is 0 Å². The number of hydrogen-bond donors (Lipinski definition) is 2. The Morgan fingerprint density at radius 1 is 1.33 bits per heavy atom. The zero-order valence-corrected chi connectivity index (χ0v) is 13.6. The number of piperazine rings is 1. The summed E-state index contributed by atoms with van der Waals surface area (Å²) in [4.78, 5) is 2.34. The molecule has 0 spiro atoms. The van der Waals surface area contributed by atoms with E-state index in [4.69, 9.17) is 0 Å². The van der Waals surface area contributed by atoms with Crippen LogP contribution in [0.4, 0.5) is 0 Å². The number of rotatable bonds is 6. The first-order valence-corrected chi connectivity index (χ1v) is 9.37. The molecule has 0 aromatic heterocycles. The first-order valence-electron chi connectivity index (χ1n) is 7.48. The van der Waals surface area contributed by atoms with Crippen molar-refractivity contribution in [1.82, 2.24) is 14.9 Å². The zero-order chi connectivity index (χ0) is 15.3. The molecule has 1 aromatic rings. The molecule has 2 rings (SSSR count). The van der Waals surface area contributed by atoms with E-state index in [1.165, 1.54) is 17.4 Å². The molecule has 0 bridgehead atoms. The molecule has 1 fully saturated rings. The third-order valence-corrected chi connectivity index (χ3v) is 4.62. The minimum absolute atomic E-state index is 0.311. The van der Waals surface area contributed by atoms with Crippen LogP contribution >= 0.6 is 0 Å². The number of benzene rings is 1. The lowest BCUT2D eigenvalue weighted by molar-refractivity contribution is 0.165. The minimum Gasteiger partial charge on any atom is -0.314 e. The average molecular weight is 311 g/mol. The predicted octanol–water partition coefficient (Wildman–Crippen LogP) is 0.745. The lowest BCUT2D eigenvalue weighted by Gasteiger charge is -2.36. The quantitative estimate of drug-likeness (QED) is 0.814. The van der Waals surface area contributed by atoms with Gasteiger partial charge in [0.05, 0.1) is 6.26 Å². The third kappa shape index (κ3) is 5.07. The number of sulfonamides is 1. The molecule has 6 heteroatoms. The Balaban J connectivity index is 2.00. The van der Waals surface area contributed by atoms with Crippen LogP contribution < -0.4 is 10.0 Å². The topological polar surface area (TPSA) is 61.4 Å². The maximum absolute atomic E-state index is 11.2. The molecule has 1 aliphatic rings. The van der Waals surface area contributed by atoms with Crippen LogP contribution in [-0.4, -0.2) is 52.3 Å². The second kappa shape index (κ2) is 7.35. The maximum Gasteiger partial charge on any atom is 0.208 e. The molecule has 0 aliphatic carbocycles. The average Bonchev–Trinajstić information content (AvgIpc) is 2.47. The van der Waals surface area contributed by atoms with Crippen molar-refractivity contribution in [2.24, 2.45) is 0 Å². The van der Waals surface area contributed by atoms with Crippen molar-refractivity contribution in [2.75, 3.05) is 39.0 Å². The Kier molecular flexibility index (Phi) is 5.75. The van der Waals surface area contributed by atoms with Gasteiger partial charge in [0.25, 0.3) is 0 Å². The number of nitrogens with one attached hydrogen (secondary N) is 2. The van der Waals surface area contributed by atoms with Crippen molar-refractivity contribution < 1.29 is 8.42 Å². The lowest BCUT2D eigenvalue weighted by atomic mass is 10.0. The lowest BCUT2D eigenvalue weighted by Crippen LogP contribution is -2.48. The smallest absolute Gasteiger partial charge is 0.208 e. The Morgan fingerprint density at radius 3 is 2.67 bits per heavy atom. The summed E-state index contributed by atoms with van der Waals surface area (Å²) in [6.07, 6.45) is 2.25. The normalized spacial score (nSPS) is 20.6. The van der Waals surface area contributed by atoms with Gasteiger partial charge < -0.3 is 5.32 Å². The molecule has 1 aromatic carbocycles. The Bertz CT molecular complexity index is 543. The highest BCUT2D eigenvalue weighted by Gasteiger charge is 2.23. The molecule has 1 aliphatic heterocycles. The fraction of sp³-hybridized carbons (Fsp3) is 0.600. The van der Waals surface area contributed by atoms with E-state index in [1.807, 2.05) is 0 Å². The maximum atomic E-state index is 11.2. The highest BCUT2D eigenvalue weighted by Crippen LogP contribution is 2.22. The largest absolute Gasteiger partial charge is 0.314 e. The molecule has 118 valence electrons. The van der Waals surface area contributed by atoms with Crippen LogP contribution in [0.1, 0.15) is 24.1 Å². The van der Waals surface area contributed by atoms with Gasteiger partial charge in [-0.2, -0.15) is 0 Å². The summed E-state index contributed by atoms with van der Waals surface area (Å²) in [6, 6.07) is 9.04. The summed E-state index contributed by atoms with van der Waals surface area (Å²) in [7, 11) is -3.11. The second-order valence-electron chi connectivity index (χ2n) is 5.52. The molecule has 2 N–H and O–H groups in total. The van der Waals surface area contributed by atoms with Gasteiger partial charge in [0.15, 0.2) is 0 Å². The summed E-state index contributed by atoms with van der Waals surface area (Å²) in [6.45, 7) is 6.13. The third-order valence-electron chi connectivity index (χ3n) is 3.89. The monoisotopic (exact) mass is 311 g/mol. The van der Waals surface area contributed by atoms with E-state index in [0.29, 0.717) is 12.6 Å². The summed E-state index contributed by atoms with van der Waals surface area (Å²) in [5.41, 5.74) is 2.63. The van der Waals surface area contributed by atoms with E-state index in [-0.39, 0.29) is 0 Å². The van der Waals surface area contributed by atoms with Gasteiger partial charge in [0.2, 0.25) is 10.0 Å². The van der Waals surface area contributed by atoms with Gasteiger partial charge in [-0.3, -0.25) is 4.90 Å². The van der Waals surface area contributed by atoms with E-state index in [2.05, 4.69) is 46.1 Å². The summed E-state index contributed by atoms with van der Waals surface area (Å²) in [5, 5.41) is 3.42. The molecule has 1 atom stereocenters. The van der Waals surface area contributed by atoms with Gasteiger partial charge in [-0.15, -0.1) is 0 Å². The predicted molar refractivity (Wildman–Crippen MR) is 85.9 cm³/mol. The molecule has 0 amide bonds. The summed E-state index contributed by atoms with van der Waals surface area (Å²) >= 11 is 0. The molecule has 1 unspecified atom stereocenters.